The highest BCUT2D eigenvalue weighted by Crippen LogP contribution is 2.31. The molecule has 0 amide bonds. The number of benzene rings is 1. The molecule has 3 nitrogen and oxygen atoms in total. The quantitative estimate of drug-likeness (QED) is 0.502. The number of rotatable bonds is 3. The first-order valence-electron chi connectivity index (χ1n) is 6.96. The fourth-order valence-electron chi connectivity index (χ4n) is 2.80. The van der Waals surface area contributed by atoms with Crippen LogP contribution in [0.2, 0.25) is 5.02 Å². The maximum Gasteiger partial charge on any atom is 0.122 e. The van der Waals surface area contributed by atoms with Gasteiger partial charge in [-0.1, -0.05) is 37.3 Å². The van der Waals surface area contributed by atoms with E-state index in [-0.39, 0.29) is 5.84 Å². The molecule has 19 heavy (non-hydrogen) atoms. The Morgan fingerprint density at radius 1 is 1.26 bits per heavy atom. The SMILES string of the molecule is CN(c1ccc(C(=N)N)cc1Cl)C1CCCCCC1. The van der Waals surface area contributed by atoms with Gasteiger partial charge in [0.1, 0.15) is 5.84 Å². The summed E-state index contributed by atoms with van der Waals surface area (Å²) < 4.78 is 0. The van der Waals surface area contributed by atoms with Gasteiger partial charge in [-0.15, -0.1) is 0 Å². The number of nitrogens with zero attached hydrogens (tertiary/aromatic N) is 1. The number of amidine groups is 1. The predicted octanol–water partition coefficient (Wildman–Crippen LogP) is 3.78. The summed E-state index contributed by atoms with van der Waals surface area (Å²) in [7, 11) is 2.12. The van der Waals surface area contributed by atoms with Crippen molar-refractivity contribution in [3.05, 3.63) is 28.8 Å². The lowest BCUT2D eigenvalue weighted by Crippen LogP contribution is -2.31. The van der Waals surface area contributed by atoms with E-state index in [9.17, 15) is 0 Å². The van der Waals surface area contributed by atoms with E-state index in [1.54, 1.807) is 6.07 Å². The van der Waals surface area contributed by atoms with E-state index in [2.05, 4.69) is 11.9 Å². The van der Waals surface area contributed by atoms with E-state index in [1.165, 1.54) is 38.5 Å². The van der Waals surface area contributed by atoms with Gasteiger partial charge in [0.2, 0.25) is 0 Å². The molecule has 0 heterocycles. The molecular weight excluding hydrogens is 258 g/mol. The Labute approximate surface area is 120 Å². The number of hydrogen-bond acceptors (Lipinski definition) is 2. The van der Waals surface area contributed by atoms with Crippen molar-refractivity contribution < 1.29 is 0 Å². The smallest absolute Gasteiger partial charge is 0.122 e. The Kier molecular flexibility index (Phi) is 4.70. The molecule has 3 N–H and O–H groups in total. The van der Waals surface area contributed by atoms with Gasteiger partial charge in [-0.3, -0.25) is 5.41 Å². The second-order valence-electron chi connectivity index (χ2n) is 5.34. The summed E-state index contributed by atoms with van der Waals surface area (Å²) in [4.78, 5) is 2.29. The molecule has 2 rings (SSSR count). The third-order valence-corrected chi connectivity index (χ3v) is 4.31. The van der Waals surface area contributed by atoms with Crippen LogP contribution in [-0.2, 0) is 0 Å². The molecule has 1 aromatic carbocycles. The summed E-state index contributed by atoms with van der Waals surface area (Å²) >= 11 is 6.33. The maximum absolute atomic E-state index is 7.44. The van der Waals surface area contributed by atoms with E-state index in [4.69, 9.17) is 22.7 Å². The summed E-state index contributed by atoms with van der Waals surface area (Å²) in [6.07, 6.45) is 7.78. The lowest BCUT2D eigenvalue weighted by atomic mass is 10.1. The molecular formula is C15H22ClN3. The van der Waals surface area contributed by atoms with Crippen molar-refractivity contribution in [3.63, 3.8) is 0 Å². The topological polar surface area (TPSA) is 53.1 Å². The zero-order chi connectivity index (χ0) is 13.8. The van der Waals surface area contributed by atoms with Crippen LogP contribution in [0, 0.1) is 5.41 Å². The highest BCUT2D eigenvalue weighted by Gasteiger charge is 2.19. The van der Waals surface area contributed by atoms with Gasteiger partial charge in [-0.2, -0.15) is 0 Å². The van der Waals surface area contributed by atoms with E-state index in [0.717, 1.165) is 5.69 Å². The summed E-state index contributed by atoms with van der Waals surface area (Å²) in [5.41, 5.74) is 7.21. The minimum Gasteiger partial charge on any atom is -0.384 e. The second-order valence-corrected chi connectivity index (χ2v) is 5.74. The summed E-state index contributed by atoms with van der Waals surface area (Å²) in [5.74, 6) is 0.0607. The van der Waals surface area contributed by atoms with Crippen molar-refractivity contribution in [2.24, 2.45) is 5.73 Å². The normalized spacial score (nSPS) is 16.9. The van der Waals surface area contributed by atoms with Gasteiger partial charge in [0.25, 0.3) is 0 Å². The van der Waals surface area contributed by atoms with Crippen molar-refractivity contribution in [2.75, 3.05) is 11.9 Å². The minimum atomic E-state index is 0.0607. The Morgan fingerprint density at radius 3 is 2.42 bits per heavy atom. The number of nitrogens with two attached hydrogens (primary N) is 1. The average Bonchev–Trinajstić information content (AvgIpc) is 2.66. The molecule has 0 saturated heterocycles. The predicted molar refractivity (Wildman–Crippen MR) is 82.4 cm³/mol. The monoisotopic (exact) mass is 279 g/mol. The molecule has 104 valence electrons. The third-order valence-electron chi connectivity index (χ3n) is 4.01. The summed E-state index contributed by atoms with van der Waals surface area (Å²) in [5, 5.41) is 8.12. The fourth-order valence-corrected chi connectivity index (χ4v) is 3.12. The van der Waals surface area contributed by atoms with Crippen LogP contribution in [-0.4, -0.2) is 18.9 Å². The number of nitrogen functional groups attached to an aromatic ring is 1. The van der Waals surface area contributed by atoms with Crippen LogP contribution in [0.15, 0.2) is 18.2 Å². The van der Waals surface area contributed by atoms with Gasteiger partial charge in [0.05, 0.1) is 10.7 Å². The summed E-state index contributed by atoms with van der Waals surface area (Å²) in [6.45, 7) is 0. The van der Waals surface area contributed by atoms with Crippen LogP contribution < -0.4 is 10.6 Å². The molecule has 1 fully saturated rings. The maximum atomic E-state index is 7.44. The third kappa shape index (κ3) is 3.41. The van der Waals surface area contributed by atoms with Crippen LogP contribution in [0.25, 0.3) is 0 Å². The molecule has 0 spiro atoms. The molecule has 1 saturated carbocycles. The lowest BCUT2D eigenvalue weighted by molar-refractivity contribution is 0.553. The number of nitrogens with one attached hydrogen (secondary N) is 1. The first-order chi connectivity index (χ1) is 9.09. The van der Waals surface area contributed by atoms with Crippen molar-refractivity contribution in [3.8, 4) is 0 Å². The van der Waals surface area contributed by atoms with Gasteiger partial charge in [-0.05, 0) is 31.0 Å². The Bertz CT molecular complexity index is 451. The van der Waals surface area contributed by atoms with E-state index < -0.39 is 0 Å². The van der Waals surface area contributed by atoms with Crippen LogP contribution in [0.4, 0.5) is 5.69 Å². The van der Waals surface area contributed by atoms with Gasteiger partial charge in [-0.25, -0.2) is 0 Å². The lowest BCUT2D eigenvalue weighted by Gasteiger charge is -2.30. The highest BCUT2D eigenvalue weighted by molar-refractivity contribution is 6.33. The first kappa shape index (κ1) is 14.2. The van der Waals surface area contributed by atoms with E-state index >= 15 is 0 Å². The van der Waals surface area contributed by atoms with Gasteiger partial charge >= 0.3 is 0 Å². The first-order valence-corrected chi connectivity index (χ1v) is 7.34. The molecule has 0 unspecified atom stereocenters. The average molecular weight is 280 g/mol. The van der Waals surface area contributed by atoms with E-state index in [1.807, 2.05) is 12.1 Å². The standard InChI is InChI=1S/C15H22ClN3/c1-19(12-6-4-2-3-5-7-12)14-9-8-11(15(17)18)10-13(14)16/h8-10,12H,2-7H2,1H3,(H3,17,18). The molecule has 0 bridgehead atoms. The largest absolute Gasteiger partial charge is 0.384 e. The number of anilines is 1. The van der Waals surface area contributed by atoms with Gasteiger partial charge in [0.15, 0.2) is 0 Å². The van der Waals surface area contributed by atoms with Crippen LogP contribution >= 0.6 is 11.6 Å². The van der Waals surface area contributed by atoms with Crippen LogP contribution in [0.3, 0.4) is 0 Å². The van der Waals surface area contributed by atoms with Crippen LogP contribution in [0.5, 0.6) is 0 Å². The molecule has 1 aromatic rings. The van der Waals surface area contributed by atoms with Gasteiger partial charge in [0, 0.05) is 18.7 Å². The second kappa shape index (κ2) is 6.29. The van der Waals surface area contributed by atoms with Crippen molar-refractivity contribution >= 4 is 23.1 Å². The molecule has 1 aliphatic rings. The molecule has 1 aliphatic carbocycles. The molecule has 0 radical (unpaired) electrons. The number of halogens is 1. The van der Waals surface area contributed by atoms with Gasteiger partial charge < -0.3 is 10.6 Å². The molecule has 0 aromatic heterocycles. The van der Waals surface area contributed by atoms with Crippen molar-refractivity contribution in [2.45, 2.75) is 44.6 Å². The number of hydrogen-bond donors (Lipinski definition) is 2. The summed E-state index contributed by atoms with van der Waals surface area (Å²) in [6, 6.07) is 6.20. The zero-order valence-corrected chi connectivity index (χ0v) is 12.2. The zero-order valence-electron chi connectivity index (χ0n) is 11.5. The Hall–Kier alpha value is -1.22. The Balaban J connectivity index is 2.18. The fraction of sp³-hybridized carbons (Fsp3) is 0.533. The molecule has 4 heteroatoms. The van der Waals surface area contributed by atoms with E-state index in [0.29, 0.717) is 16.6 Å². The molecule has 0 atom stereocenters. The highest BCUT2D eigenvalue weighted by atomic mass is 35.5. The Morgan fingerprint density at radius 2 is 1.89 bits per heavy atom. The van der Waals surface area contributed by atoms with Crippen LogP contribution in [0.1, 0.15) is 44.1 Å². The van der Waals surface area contributed by atoms with Crippen molar-refractivity contribution in [1.82, 2.24) is 0 Å². The minimum absolute atomic E-state index is 0.0607. The molecule has 0 aliphatic heterocycles. The van der Waals surface area contributed by atoms with Crippen molar-refractivity contribution in [1.29, 1.82) is 5.41 Å².